The van der Waals surface area contributed by atoms with E-state index < -0.39 is 0 Å². The van der Waals surface area contributed by atoms with Crippen molar-refractivity contribution in [1.29, 1.82) is 0 Å². The molecular weight excluding hydrogens is 220 g/mol. The average Bonchev–Trinajstić information content (AvgIpc) is 2.36. The van der Waals surface area contributed by atoms with E-state index in [0.29, 0.717) is 5.75 Å². The Morgan fingerprint density at radius 3 is 1.83 bits per heavy atom. The second-order valence-corrected chi connectivity index (χ2v) is 5.45. The van der Waals surface area contributed by atoms with Gasteiger partial charge in [-0.1, -0.05) is 56.3 Å². The number of phenols is 1. The third kappa shape index (κ3) is 2.13. The van der Waals surface area contributed by atoms with Crippen LogP contribution in [0.15, 0.2) is 42.5 Å². The molecule has 2 rings (SSSR count). The zero-order chi connectivity index (χ0) is 13.3. The van der Waals surface area contributed by atoms with Crippen molar-refractivity contribution >= 4 is 0 Å². The van der Waals surface area contributed by atoms with Crippen LogP contribution in [-0.4, -0.2) is 5.11 Å². The summed E-state index contributed by atoms with van der Waals surface area (Å²) in [6, 6.07) is 14.6. The Morgan fingerprint density at radius 1 is 0.833 bits per heavy atom. The number of aryl methyl sites for hydroxylation is 2. The molecule has 0 saturated heterocycles. The van der Waals surface area contributed by atoms with Crippen molar-refractivity contribution in [2.75, 3.05) is 0 Å². The Kier molecular flexibility index (Phi) is 3.16. The lowest BCUT2D eigenvalue weighted by molar-refractivity contribution is 0.465. The van der Waals surface area contributed by atoms with E-state index >= 15 is 0 Å². The highest BCUT2D eigenvalue weighted by Crippen LogP contribution is 2.35. The second-order valence-electron chi connectivity index (χ2n) is 5.45. The van der Waals surface area contributed by atoms with Gasteiger partial charge in [0.05, 0.1) is 0 Å². The van der Waals surface area contributed by atoms with Gasteiger partial charge in [0.2, 0.25) is 0 Å². The van der Waals surface area contributed by atoms with E-state index in [1.165, 1.54) is 11.1 Å². The van der Waals surface area contributed by atoms with E-state index in [1.807, 2.05) is 19.9 Å². The summed E-state index contributed by atoms with van der Waals surface area (Å²) < 4.78 is 0. The van der Waals surface area contributed by atoms with Crippen molar-refractivity contribution in [1.82, 2.24) is 0 Å². The molecule has 1 nitrogen and oxygen atoms in total. The first-order valence-electron chi connectivity index (χ1n) is 6.29. The van der Waals surface area contributed by atoms with Gasteiger partial charge in [0.1, 0.15) is 5.75 Å². The fourth-order valence-corrected chi connectivity index (χ4v) is 2.34. The number of rotatable bonds is 2. The maximum Gasteiger partial charge on any atom is 0.121 e. The highest BCUT2D eigenvalue weighted by Gasteiger charge is 2.23. The summed E-state index contributed by atoms with van der Waals surface area (Å²) in [6.45, 7) is 8.33. The molecule has 18 heavy (non-hydrogen) atoms. The van der Waals surface area contributed by atoms with Crippen molar-refractivity contribution in [2.24, 2.45) is 0 Å². The van der Waals surface area contributed by atoms with Gasteiger partial charge in [-0.3, -0.25) is 0 Å². The molecule has 0 heterocycles. The number of aromatic hydroxyl groups is 1. The predicted octanol–water partition coefficient (Wildman–Crippen LogP) is 4.33. The Morgan fingerprint density at radius 2 is 1.33 bits per heavy atom. The topological polar surface area (TPSA) is 20.2 Å². The van der Waals surface area contributed by atoms with E-state index in [0.717, 1.165) is 11.1 Å². The molecule has 0 amide bonds. The van der Waals surface area contributed by atoms with Gasteiger partial charge in [0.15, 0.2) is 0 Å². The minimum atomic E-state index is -0.0511. The molecule has 94 valence electrons. The predicted molar refractivity (Wildman–Crippen MR) is 76.2 cm³/mol. The Labute approximate surface area is 109 Å². The fourth-order valence-electron chi connectivity index (χ4n) is 2.34. The van der Waals surface area contributed by atoms with E-state index in [2.05, 4.69) is 50.2 Å². The standard InChI is InChI=1S/C17H20O/c1-12-10-15(11-13(2)16(12)18)17(3,4)14-8-6-5-7-9-14/h5-11,18H,1-4H3. The molecule has 0 aliphatic carbocycles. The molecule has 0 aliphatic rings. The summed E-state index contributed by atoms with van der Waals surface area (Å²) in [7, 11) is 0. The van der Waals surface area contributed by atoms with Crippen molar-refractivity contribution in [3.05, 3.63) is 64.7 Å². The van der Waals surface area contributed by atoms with Crippen molar-refractivity contribution in [3.8, 4) is 5.75 Å². The first-order valence-corrected chi connectivity index (χ1v) is 6.29. The Hall–Kier alpha value is -1.76. The Balaban J connectivity index is 2.54. The van der Waals surface area contributed by atoms with E-state index in [9.17, 15) is 5.11 Å². The SMILES string of the molecule is Cc1cc(C(C)(C)c2ccccc2)cc(C)c1O. The van der Waals surface area contributed by atoms with Crippen molar-refractivity contribution in [3.63, 3.8) is 0 Å². The van der Waals surface area contributed by atoms with E-state index in [4.69, 9.17) is 0 Å². The summed E-state index contributed by atoms with van der Waals surface area (Å²) in [5.41, 5.74) is 4.35. The minimum Gasteiger partial charge on any atom is -0.507 e. The maximum atomic E-state index is 9.87. The highest BCUT2D eigenvalue weighted by atomic mass is 16.3. The van der Waals surface area contributed by atoms with Gasteiger partial charge in [-0.15, -0.1) is 0 Å². The summed E-state index contributed by atoms with van der Waals surface area (Å²) in [5.74, 6) is 0.405. The first-order chi connectivity index (χ1) is 8.43. The van der Waals surface area contributed by atoms with E-state index in [1.54, 1.807) is 0 Å². The molecule has 2 aromatic carbocycles. The monoisotopic (exact) mass is 240 g/mol. The van der Waals surface area contributed by atoms with Gasteiger partial charge < -0.3 is 5.11 Å². The lowest BCUT2D eigenvalue weighted by Crippen LogP contribution is -2.19. The van der Waals surface area contributed by atoms with Crippen LogP contribution in [0.1, 0.15) is 36.1 Å². The third-order valence-corrected chi connectivity index (χ3v) is 3.71. The smallest absolute Gasteiger partial charge is 0.121 e. The molecular formula is C17H20O. The highest BCUT2D eigenvalue weighted by molar-refractivity contribution is 5.47. The molecule has 0 unspecified atom stereocenters. The lowest BCUT2D eigenvalue weighted by Gasteiger charge is -2.27. The van der Waals surface area contributed by atoms with Crippen LogP contribution in [0.5, 0.6) is 5.75 Å². The third-order valence-electron chi connectivity index (χ3n) is 3.71. The molecule has 1 N–H and O–H groups in total. The largest absolute Gasteiger partial charge is 0.507 e. The number of benzene rings is 2. The van der Waals surface area contributed by atoms with Crippen molar-refractivity contribution in [2.45, 2.75) is 33.1 Å². The minimum absolute atomic E-state index is 0.0511. The molecule has 0 bridgehead atoms. The van der Waals surface area contributed by atoms with Crippen LogP contribution in [-0.2, 0) is 5.41 Å². The van der Waals surface area contributed by atoms with Gasteiger partial charge in [-0.05, 0) is 36.1 Å². The molecule has 0 aliphatic heterocycles. The molecule has 2 aromatic rings. The molecule has 0 fully saturated rings. The van der Waals surface area contributed by atoms with Gasteiger partial charge in [0, 0.05) is 5.41 Å². The number of hydrogen-bond donors (Lipinski definition) is 1. The summed E-state index contributed by atoms with van der Waals surface area (Å²) >= 11 is 0. The molecule has 0 spiro atoms. The van der Waals surface area contributed by atoms with Crippen molar-refractivity contribution < 1.29 is 5.11 Å². The van der Waals surface area contributed by atoms with Crippen LogP contribution in [0, 0.1) is 13.8 Å². The van der Waals surface area contributed by atoms with E-state index in [-0.39, 0.29) is 5.41 Å². The zero-order valence-corrected chi connectivity index (χ0v) is 11.5. The first kappa shape index (κ1) is 12.7. The maximum absolute atomic E-state index is 9.87. The fraction of sp³-hybridized carbons (Fsp3) is 0.294. The average molecular weight is 240 g/mol. The molecule has 0 atom stereocenters. The normalized spacial score (nSPS) is 11.6. The summed E-state index contributed by atoms with van der Waals surface area (Å²) in [6.07, 6.45) is 0. The van der Waals surface area contributed by atoms with Crippen LogP contribution < -0.4 is 0 Å². The molecule has 0 radical (unpaired) electrons. The quantitative estimate of drug-likeness (QED) is 0.828. The molecule has 1 heteroatoms. The zero-order valence-electron chi connectivity index (χ0n) is 11.5. The van der Waals surface area contributed by atoms with Gasteiger partial charge in [-0.25, -0.2) is 0 Å². The second kappa shape index (κ2) is 4.49. The summed E-state index contributed by atoms with van der Waals surface area (Å²) in [5, 5.41) is 9.87. The van der Waals surface area contributed by atoms with Crippen LogP contribution >= 0.6 is 0 Å². The van der Waals surface area contributed by atoms with Crippen LogP contribution in [0.25, 0.3) is 0 Å². The number of phenolic OH excluding ortho intramolecular Hbond substituents is 1. The lowest BCUT2D eigenvalue weighted by atomic mass is 9.77. The van der Waals surface area contributed by atoms with Gasteiger partial charge in [-0.2, -0.15) is 0 Å². The van der Waals surface area contributed by atoms with Crippen LogP contribution in [0.4, 0.5) is 0 Å². The van der Waals surface area contributed by atoms with Gasteiger partial charge >= 0.3 is 0 Å². The Bertz CT molecular complexity index is 530. The molecule has 0 saturated carbocycles. The van der Waals surface area contributed by atoms with Crippen LogP contribution in [0.2, 0.25) is 0 Å². The van der Waals surface area contributed by atoms with Gasteiger partial charge in [0.25, 0.3) is 0 Å². The van der Waals surface area contributed by atoms with Crippen LogP contribution in [0.3, 0.4) is 0 Å². The molecule has 0 aromatic heterocycles. The summed E-state index contributed by atoms with van der Waals surface area (Å²) in [4.78, 5) is 0. The number of hydrogen-bond acceptors (Lipinski definition) is 1.